The van der Waals surface area contributed by atoms with E-state index >= 15 is 0 Å². The van der Waals surface area contributed by atoms with Crippen LogP contribution in [0.3, 0.4) is 0 Å². The third kappa shape index (κ3) is 4.99. The summed E-state index contributed by atoms with van der Waals surface area (Å²) >= 11 is 0. The van der Waals surface area contributed by atoms with Crippen LogP contribution >= 0.6 is 0 Å². The zero-order valence-corrected chi connectivity index (χ0v) is 11.5. The van der Waals surface area contributed by atoms with Crippen molar-refractivity contribution in [3.8, 4) is 5.75 Å². The minimum atomic E-state index is -3.04. The van der Waals surface area contributed by atoms with Gasteiger partial charge in [-0.3, -0.25) is 4.79 Å². The lowest BCUT2D eigenvalue weighted by Crippen LogP contribution is -2.38. The Morgan fingerprint density at radius 3 is 2.48 bits per heavy atom. The van der Waals surface area contributed by atoms with Crippen LogP contribution in [0.25, 0.3) is 0 Å². The number of nitrogens with one attached hydrogen (secondary N) is 1. The van der Waals surface area contributed by atoms with Crippen LogP contribution in [0.15, 0.2) is 24.3 Å². The second kappa shape index (κ2) is 8.15. The Hall–Kier alpha value is -2.22. The molecule has 0 aliphatic carbocycles. The maximum atomic E-state index is 12.2. The molecule has 0 spiro atoms. The maximum absolute atomic E-state index is 12.2. The number of amides is 1. The van der Waals surface area contributed by atoms with Crippen molar-refractivity contribution in [2.75, 3.05) is 20.8 Å². The van der Waals surface area contributed by atoms with E-state index in [4.69, 9.17) is 4.74 Å². The highest BCUT2D eigenvalue weighted by molar-refractivity contribution is 5.97. The molecule has 0 saturated carbocycles. The predicted octanol–water partition coefficient (Wildman–Crippen LogP) is 1.21. The first-order valence-electron chi connectivity index (χ1n) is 5.92. The highest BCUT2D eigenvalue weighted by atomic mass is 19.3. The van der Waals surface area contributed by atoms with Crippen LogP contribution < -0.4 is 10.1 Å². The van der Waals surface area contributed by atoms with Gasteiger partial charge in [0, 0.05) is 7.11 Å². The smallest absolute Gasteiger partial charge is 0.387 e. The molecule has 1 aromatic rings. The molecule has 0 heterocycles. The molecule has 0 radical (unpaired) electrons. The summed E-state index contributed by atoms with van der Waals surface area (Å²) in [5.74, 6) is -1.58. The Bertz CT molecular complexity index is 495. The van der Waals surface area contributed by atoms with E-state index in [1.165, 1.54) is 38.5 Å². The SMILES string of the molecule is COC(=O)C(CNC(=O)c1ccccc1OC(F)F)OC. The van der Waals surface area contributed by atoms with Crippen LogP contribution in [0.5, 0.6) is 5.75 Å². The number of hydrogen-bond donors (Lipinski definition) is 1. The highest BCUT2D eigenvalue weighted by Gasteiger charge is 2.21. The van der Waals surface area contributed by atoms with Gasteiger partial charge in [0.05, 0.1) is 19.2 Å². The molecule has 0 saturated heterocycles. The maximum Gasteiger partial charge on any atom is 0.387 e. The van der Waals surface area contributed by atoms with Gasteiger partial charge in [-0.2, -0.15) is 8.78 Å². The third-order valence-corrected chi connectivity index (χ3v) is 2.54. The molecule has 0 fully saturated rings. The van der Waals surface area contributed by atoms with E-state index in [2.05, 4.69) is 14.8 Å². The Balaban J connectivity index is 2.73. The number of ether oxygens (including phenoxy) is 3. The molecular weight excluding hydrogens is 288 g/mol. The lowest BCUT2D eigenvalue weighted by molar-refractivity contribution is -0.151. The molecule has 21 heavy (non-hydrogen) atoms. The second-order valence-corrected chi connectivity index (χ2v) is 3.83. The van der Waals surface area contributed by atoms with E-state index in [1.807, 2.05) is 0 Å². The fourth-order valence-corrected chi connectivity index (χ4v) is 1.53. The zero-order chi connectivity index (χ0) is 15.8. The van der Waals surface area contributed by atoms with Gasteiger partial charge in [0.2, 0.25) is 0 Å². The van der Waals surface area contributed by atoms with Gasteiger partial charge in [-0.15, -0.1) is 0 Å². The quantitative estimate of drug-likeness (QED) is 0.766. The summed E-state index contributed by atoms with van der Waals surface area (Å²) in [6.07, 6.45) is -0.984. The average molecular weight is 303 g/mol. The number of carbonyl (C=O) groups is 2. The van der Waals surface area contributed by atoms with Crippen molar-refractivity contribution in [1.82, 2.24) is 5.32 Å². The second-order valence-electron chi connectivity index (χ2n) is 3.83. The normalized spacial score (nSPS) is 11.9. The Morgan fingerprint density at radius 2 is 1.90 bits per heavy atom. The highest BCUT2D eigenvalue weighted by Crippen LogP contribution is 2.20. The lowest BCUT2D eigenvalue weighted by Gasteiger charge is -2.15. The van der Waals surface area contributed by atoms with Gasteiger partial charge >= 0.3 is 12.6 Å². The summed E-state index contributed by atoms with van der Waals surface area (Å²) in [6, 6.07) is 5.53. The minimum Gasteiger partial charge on any atom is -0.467 e. The minimum absolute atomic E-state index is 0.0717. The molecule has 1 unspecified atom stereocenters. The Kier molecular flexibility index (Phi) is 6.54. The van der Waals surface area contributed by atoms with Crippen molar-refractivity contribution in [3.63, 3.8) is 0 Å². The van der Waals surface area contributed by atoms with Crippen LogP contribution in [0.2, 0.25) is 0 Å². The van der Waals surface area contributed by atoms with Crippen molar-refractivity contribution in [1.29, 1.82) is 0 Å². The molecule has 0 aromatic heterocycles. The summed E-state index contributed by atoms with van der Waals surface area (Å²) in [5, 5.41) is 2.39. The fraction of sp³-hybridized carbons (Fsp3) is 0.385. The molecule has 8 heteroatoms. The van der Waals surface area contributed by atoms with Crippen molar-refractivity contribution < 1.29 is 32.6 Å². The molecule has 6 nitrogen and oxygen atoms in total. The van der Waals surface area contributed by atoms with Crippen molar-refractivity contribution in [2.24, 2.45) is 0 Å². The van der Waals surface area contributed by atoms with Gasteiger partial charge in [0.25, 0.3) is 5.91 Å². The van der Waals surface area contributed by atoms with E-state index in [0.29, 0.717) is 0 Å². The number of alkyl halides is 2. The molecule has 0 aliphatic heterocycles. The van der Waals surface area contributed by atoms with Crippen molar-refractivity contribution >= 4 is 11.9 Å². The van der Waals surface area contributed by atoms with Gasteiger partial charge < -0.3 is 19.5 Å². The molecule has 1 aromatic carbocycles. The molecule has 1 amide bonds. The fourth-order valence-electron chi connectivity index (χ4n) is 1.53. The zero-order valence-electron chi connectivity index (χ0n) is 11.5. The summed E-state index contributed by atoms with van der Waals surface area (Å²) in [7, 11) is 2.46. The van der Waals surface area contributed by atoms with Gasteiger partial charge in [-0.1, -0.05) is 12.1 Å². The summed E-state index contributed by atoms with van der Waals surface area (Å²) in [5.41, 5.74) is -0.0717. The molecule has 116 valence electrons. The van der Waals surface area contributed by atoms with Gasteiger partial charge in [-0.05, 0) is 12.1 Å². The van der Waals surface area contributed by atoms with Crippen LogP contribution in [0, 0.1) is 0 Å². The number of esters is 1. The molecule has 0 bridgehead atoms. The number of rotatable bonds is 7. The Labute approximate surface area is 120 Å². The Morgan fingerprint density at radius 1 is 1.24 bits per heavy atom. The molecule has 1 rings (SSSR count). The summed E-state index contributed by atoms with van der Waals surface area (Å²) in [6.45, 7) is -3.20. The molecule has 1 N–H and O–H groups in total. The monoisotopic (exact) mass is 303 g/mol. The van der Waals surface area contributed by atoms with E-state index in [1.54, 1.807) is 0 Å². The van der Waals surface area contributed by atoms with Gasteiger partial charge in [0.15, 0.2) is 6.10 Å². The first-order chi connectivity index (χ1) is 9.99. The topological polar surface area (TPSA) is 73.9 Å². The van der Waals surface area contributed by atoms with Crippen LogP contribution in [-0.4, -0.2) is 45.4 Å². The standard InChI is InChI=1S/C13H15F2NO5/c1-19-10(12(18)20-2)7-16-11(17)8-5-3-4-6-9(8)21-13(14)15/h3-6,10,13H,7H2,1-2H3,(H,16,17). The number of methoxy groups -OCH3 is 2. The van der Waals surface area contributed by atoms with Crippen molar-refractivity contribution in [3.05, 3.63) is 29.8 Å². The lowest BCUT2D eigenvalue weighted by atomic mass is 10.2. The molecular formula is C13H15F2NO5. The molecule has 0 aliphatic rings. The van der Waals surface area contributed by atoms with E-state index in [-0.39, 0.29) is 17.9 Å². The third-order valence-electron chi connectivity index (χ3n) is 2.54. The largest absolute Gasteiger partial charge is 0.467 e. The number of para-hydroxylation sites is 1. The number of hydrogen-bond acceptors (Lipinski definition) is 5. The summed E-state index contributed by atoms with van der Waals surface area (Å²) in [4.78, 5) is 23.2. The van der Waals surface area contributed by atoms with E-state index < -0.39 is 24.6 Å². The van der Waals surface area contributed by atoms with Crippen molar-refractivity contribution in [2.45, 2.75) is 12.7 Å². The average Bonchev–Trinajstić information content (AvgIpc) is 2.47. The van der Waals surface area contributed by atoms with E-state index in [0.717, 1.165) is 0 Å². The number of carbonyl (C=O) groups excluding carboxylic acids is 2. The number of halogens is 2. The van der Waals surface area contributed by atoms with Crippen LogP contribution in [0.1, 0.15) is 10.4 Å². The first kappa shape index (κ1) is 16.8. The predicted molar refractivity (Wildman–Crippen MR) is 68.2 cm³/mol. The van der Waals surface area contributed by atoms with Gasteiger partial charge in [0.1, 0.15) is 5.75 Å². The first-order valence-corrected chi connectivity index (χ1v) is 5.92. The van der Waals surface area contributed by atoms with Crippen LogP contribution in [-0.2, 0) is 14.3 Å². The van der Waals surface area contributed by atoms with Crippen LogP contribution in [0.4, 0.5) is 8.78 Å². The van der Waals surface area contributed by atoms with Gasteiger partial charge in [-0.25, -0.2) is 4.79 Å². The number of benzene rings is 1. The van der Waals surface area contributed by atoms with E-state index in [9.17, 15) is 18.4 Å². The molecule has 1 atom stereocenters. The summed E-state index contributed by atoms with van der Waals surface area (Å²) < 4.78 is 38.1.